The fourth-order valence-electron chi connectivity index (χ4n) is 4.07. The van der Waals surface area contributed by atoms with E-state index < -0.39 is 0 Å². The zero-order valence-electron chi connectivity index (χ0n) is 13.5. The Morgan fingerprint density at radius 1 is 1.22 bits per heavy atom. The van der Waals surface area contributed by atoms with Crippen LogP contribution < -0.4 is 0 Å². The molecule has 0 aliphatic carbocycles. The Balaban J connectivity index is 1.53. The van der Waals surface area contributed by atoms with Gasteiger partial charge in [0, 0.05) is 49.6 Å². The smallest absolute Gasteiger partial charge is 0.254 e. The van der Waals surface area contributed by atoms with Crippen molar-refractivity contribution in [2.75, 3.05) is 33.2 Å². The average molecular weight is 310 g/mol. The molecule has 0 atom stereocenters. The molecule has 23 heavy (non-hydrogen) atoms. The third-order valence-electron chi connectivity index (χ3n) is 5.08. The molecule has 5 nitrogen and oxygen atoms in total. The standard InChI is InChI=1S/C18H22N4O/c1-20-12-18(13-20)7-10-21(14-18)17(23)16-6-3-2-5-15(16)11-22-9-4-8-19-22/h2-6,8-9H,7,10-14H2,1H3. The van der Waals surface area contributed by atoms with Crippen LogP contribution in [0.25, 0.3) is 0 Å². The van der Waals surface area contributed by atoms with E-state index in [-0.39, 0.29) is 5.91 Å². The van der Waals surface area contributed by atoms with Gasteiger partial charge in [-0.25, -0.2) is 0 Å². The minimum absolute atomic E-state index is 0.166. The summed E-state index contributed by atoms with van der Waals surface area (Å²) in [5.74, 6) is 0.166. The van der Waals surface area contributed by atoms with Crippen molar-refractivity contribution in [3.8, 4) is 0 Å². The van der Waals surface area contributed by atoms with E-state index in [0.29, 0.717) is 12.0 Å². The molecule has 0 unspecified atom stereocenters. The van der Waals surface area contributed by atoms with Crippen molar-refractivity contribution < 1.29 is 4.79 Å². The number of likely N-dealkylation sites (tertiary alicyclic amines) is 2. The van der Waals surface area contributed by atoms with Gasteiger partial charge in [0.15, 0.2) is 0 Å². The van der Waals surface area contributed by atoms with Gasteiger partial charge in [-0.2, -0.15) is 5.10 Å². The van der Waals surface area contributed by atoms with E-state index in [2.05, 4.69) is 17.0 Å². The molecular formula is C18H22N4O. The Hall–Kier alpha value is -2.14. The molecule has 2 fully saturated rings. The summed E-state index contributed by atoms with van der Waals surface area (Å²) in [5.41, 5.74) is 2.20. The number of hydrogen-bond acceptors (Lipinski definition) is 3. The summed E-state index contributed by atoms with van der Waals surface area (Å²) in [6.07, 6.45) is 4.82. The molecule has 5 heteroatoms. The van der Waals surface area contributed by atoms with Gasteiger partial charge in [-0.1, -0.05) is 18.2 Å². The van der Waals surface area contributed by atoms with Crippen molar-refractivity contribution in [3.05, 3.63) is 53.9 Å². The van der Waals surface area contributed by atoms with Gasteiger partial charge >= 0.3 is 0 Å². The Morgan fingerprint density at radius 2 is 2.04 bits per heavy atom. The lowest BCUT2D eigenvalue weighted by molar-refractivity contribution is 0.0293. The second kappa shape index (κ2) is 5.49. The monoisotopic (exact) mass is 310 g/mol. The van der Waals surface area contributed by atoms with Crippen LogP contribution in [0, 0.1) is 5.41 Å². The number of nitrogens with zero attached hydrogens (tertiary/aromatic N) is 4. The average Bonchev–Trinajstić information content (AvgIpc) is 3.17. The Morgan fingerprint density at radius 3 is 2.78 bits per heavy atom. The van der Waals surface area contributed by atoms with Crippen LogP contribution in [0.4, 0.5) is 0 Å². The second-order valence-corrected chi connectivity index (χ2v) is 7.01. The molecule has 2 aliphatic heterocycles. The van der Waals surface area contributed by atoms with Crippen molar-refractivity contribution in [3.63, 3.8) is 0 Å². The number of hydrogen-bond donors (Lipinski definition) is 0. The van der Waals surface area contributed by atoms with Crippen LogP contribution in [0.15, 0.2) is 42.7 Å². The zero-order valence-corrected chi connectivity index (χ0v) is 13.5. The summed E-state index contributed by atoms with van der Waals surface area (Å²) >= 11 is 0. The fraction of sp³-hybridized carbons (Fsp3) is 0.444. The van der Waals surface area contributed by atoms with E-state index in [9.17, 15) is 4.79 Å². The fourth-order valence-corrected chi connectivity index (χ4v) is 4.07. The molecule has 2 aromatic rings. The molecule has 4 rings (SSSR count). The molecule has 1 aromatic heterocycles. The first-order valence-corrected chi connectivity index (χ1v) is 8.18. The van der Waals surface area contributed by atoms with Crippen LogP contribution in [-0.4, -0.2) is 58.7 Å². The van der Waals surface area contributed by atoms with Gasteiger partial charge in [0.05, 0.1) is 6.54 Å². The first-order valence-electron chi connectivity index (χ1n) is 8.18. The summed E-state index contributed by atoms with van der Waals surface area (Å²) in [6, 6.07) is 9.81. The Labute approximate surface area is 136 Å². The predicted octanol–water partition coefficient (Wildman–Crippen LogP) is 1.71. The van der Waals surface area contributed by atoms with Gasteiger partial charge in [-0.3, -0.25) is 9.48 Å². The van der Waals surface area contributed by atoms with Gasteiger partial charge in [0.1, 0.15) is 0 Å². The molecule has 0 N–H and O–H groups in total. The first kappa shape index (κ1) is 14.5. The molecule has 1 aromatic carbocycles. The van der Waals surface area contributed by atoms with Crippen molar-refractivity contribution in [2.45, 2.75) is 13.0 Å². The molecule has 2 aliphatic rings. The lowest BCUT2D eigenvalue weighted by atomic mass is 9.79. The lowest BCUT2D eigenvalue weighted by Crippen LogP contribution is -2.55. The third-order valence-corrected chi connectivity index (χ3v) is 5.08. The van der Waals surface area contributed by atoms with Gasteiger partial charge in [0.2, 0.25) is 0 Å². The van der Waals surface area contributed by atoms with Crippen LogP contribution >= 0.6 is 0 Å². The van der Waals surface area contributed by atoms with Crippen LogP contribution in [0.2, 0.25) is 0 Å². The van der Waals surface area contributed by atoms with Gasteiger partial charge in [-0.05, 0) is 31.2 Å². The number of carbonyl (C=O) groups excluding carboxylic acids is 1. The van der Waals surface area contributed by atoms with E-state index >= 15 is 0 Å². The Bertz CT molecular complexity index is 704. The minimum atomic E-state index is 0.166. The maximum Gasteiger partial charge on any atom is 0.254 e. The number of amides is 1. The van der Waals surface area contributed by atoms with Gasteiger partial charge in [0.25, 0.3) is 5.91 Å². The van der Waals surface area contributed by atoms with Crippen LogP contribution in [0.3, 0.4) is 0 Å². The summed E-state index contributed by atoms with van der Waals surface area (Å²) in [6.45, 7) is 4.64. The van der Waals surface area contributed by atoms with E-state index in [0.717, 1.165) is 43.7 Å². The zero-order chi connectivity index (χ0) is 15.9. The largest absolute Gasteiger partial charge is 0.338 e. The number of carbonyl (C=O) groups is 1. The van der Waals surface area contributed by atoms with Crippen molar-refractivity contribution in [1.29, 1.82) is 0 Å². The van der Waals surface area contributed by atoms with E-state index in [1.807, 2.05) is 46.1 Å². The highest BCUT2D eigenvalue weighted by Gasteiger charge is 2.47. The normalized spacial score (nSPS) is 20.0. The number of rotatable bonds is 3. The minimum Gasteiger partial charge on any atom is -0.338 e. The highest BCUT2D eigenvalue weighted by Crippen LogP contribution is 2.39. The summed E-state index contributed by atoms with van der Waals surface area (Å²) < 4.78 is 1.86. The van der Waals surface area contributed by atoms with Gasteiger partial charge < -0.3 is 9.80 Å². The summed E-state index contributed by atoms with van der Waals surface area (Å²) in [5, 5.41) is 4.25. The molecule has 2 saturated heterocycles. The molecule has 0 saturated carbocycles. The maximum absolute atomic E-state index is 13.0. The summed E-state index contributed by atoms with van der Waals surface area (Å²) in [4.78, 5) is 17.4. The van der Waals surface area contributed by atoms with Crippen molar-refractivity contribution in [1.82, 2.24) is 19.6 Å². The molecule has 1 amide bonds. The second-order valence-electron chi connectivity index (χ2n) is 7.01. The van der Waals surface area contributed by atoms with Crippen molar-refractivity contribution >= 4 is 5.91 Å². The molecule has 120 valence electrons. The first-order chi connectivity index (χ1) is 11.2. The predicted molar refractivity (Wildman–Crippen MR) is 88.2 cm³/mol. The van der Waals surface area contributed by atoms with E-state index in [1.165, 1.54) is 0 Å². The molecular weight excluding hydrogens is 288 g/mol. The van der Waals surface area contributed by atoms with Crippen LogP contribution in [-0.2, 0) is 6.54 Å². The topological polar surface area (TPSA) is 41.4 Å². The Kier molecular flexibility index (Phi) is 3.45. The number of aromatic nitrogens is 2. The van der Waals surface area contributed by atoms with Crippen LogP contribution in [0.5, 0.6) is 0 Å². The van der Waals surface area contributed by atoms with E-state index in [4.69, 9.17) is 0 Å². The van der Waals surface area contributed by atoms with Crippen LogP contribution in [0.1, 0.15) is 22.3 Å². The highest BCUT2D eigenvalue weighted by atomic mass is 16.2. The molecule has 1 spiro atoms. The van der Waals surface area contributed by atoms with Crippen molar-refractivity contribution in [2.24, 2.45) is 5.41 Å². The summed E-state index contributed by atoms with van der Waals surface area (Å²) in [7, 11) is 2.15. The molecule has 0 radical (unpaired) electrons. The molecule has 0 bridgehead atoms. The van der Waals surface area contributed by atoms with E-state index in [1.54, 1.807) is 6.20 Å². The molecule has 3 heterocycles. The quantitative estimate of drug-likeness (QED) is 0.866. The maximum atomic E-state index is 13.0. The number of benzene rings is 1. The highest BCUT2D eigenvalue weighted by molar-refractivity contribution is 5.96. The van der Waals surface area contributed by atoms with Gasteiger partial charge in [-0.15, -0.1) is 0 Å². The SMILES string of the molecule is CN1CC2(CCN(C(=O)c3ccccc3Cn3cccn3)C2)C1. The lowest BCUT2D eigenvalue weighted by Gasteiger charge is -2.46. The third kappa shape index (κ3) is 2.65.